The van der Waals surface area contributed by atoms with Crippen LogP contribution in [0.4, 0.5) is 0 Å². The highest BCUT2D eigenvalue weighted by molar-refractivity contribution is 5.85. The van der Waals surface area contributed by atoms with E-state index >= 15 is 0 Å². The van der Waals surface area contributed by atoms with Crippen molar-refractivity contribution in [1.82, 2.24) is 10.2 Å². The number of carbonyl (C=O) groups excluding carboxylic acids is 1. The first-order valence-corrected chi connectivity index (χ1v) is 7.79. The number of nitrogens with zero attached hydrogens (tertiary/aromatic N) is 1. The molecule has 1 N–H and O–H groups in total. The van der Waals surface area contributed by atoms with Crippen LogP contribution in [0.25, 0.3) is 0 Å². The lowest BCUT2D eigenvalue weighted by atomic mass is 9.99. The van der Waals surface area contributed by atoms with Crippen LogP contribution in [-0.2, 0) is 9.53 Å². The van der Waals surface area contributed by atoms with Crippen molar-refractivity contribution in [1.29, 1.82) is 0 Å². The van der Waals surface area contributed by atoms with E-state index < -0.39 is 0 Å². The monoisotopic (exact) mass is 268 g/mol. The second-order valence-corrected chi connectivity index (χ2v) is 6.01. The van der Waals surface area contributed by atoms with E-state index in [-0.39, 0.29) is 30.3 Å². The van der Waals surface area contributed by atoms with Crippen LogP contribution in [0.5, 0.6) is 0 Å². The summed E-state index contributed by atoms with van der Waals surface area (Å²) in [5, 5.41) is 3.56. The molecule has 2 fully saturated rings. The Labute approximate surface area is 116 Å². The van der Waals surface area contributed by atoms with Crippen molar-refractivity contribution in [2.45, 2.75) is 77.7 Å². The van der Waals surface area contributed by atoms with Gasteiger partial charge in [0.2, 0.25) is 5.91 Å². The van der Waals surface area contributed by atoms with Crippen LogP contribution in [-0.4, -0.2) is 41.8 Å². The molecule has 2 aliphatic rings. The first kappa shape index (κ1) is 14.8. The molecular formula is C15H28N2O2. The maximum atomic E-state index is 12.7. The van der Waals surface area contributed by atoms with Gasteiger partial charge in [-0.1, -0.05) is 33.6 Å². The first-order valence-electron chi connectivity index (χ1n) is 7.79. The molecule has 2 aliphatic heterocycles. The topological polar surface area (TPSA) is 41.6 Å². The average Bonchev–Trinajstić information content (AvgIpc) is 2.93. The fourth-order valence-electron chi connectivity index (χ4n) is 3.29. The summed E-state index contributed by atoms with van der Waals surface area (Å²) >= 11 is 0. The minimum atomic E-state index is -0.00523. The lowest BCUT2D eigenvalue weighted by Gasteiger charge is -2.31. The van der Waals surface area contributed by atoms with Crippen LogP contribution in [0.2, 0.25) is 0 Å². The quantitative estimate of drug-likeness (QED) is 0.830. The molecule has 2 heterocycles. The van der Waals surface area contributed by atoms with E-state index in [0.29, 0.717) is 5.92 Å². The second kappa shape index (κ2) is 6.23. The standard InChI is InChI=1S/C15H28N2O2/c1-5-7-13-16-14(10(3)6-2)15(18)17(13)12-8-9-19-11(12)4/h10-14,16H,5-9H2,1-4H3. The third-order valence-electron chi connectivity index (χ3n) is 4.70. The molecule has 4 heteroatoms. The highest BCUT2D eigenvalue weighted by atomic mass is 16.5. The summed E-state index contributed by atoms with van der Waals surface area (Å²) in [6.07, 6.45) is 4.50. The number of rotatable bonds is 5. The largest absolute Gasteiger partial charge is 0.376 e. The molecule has 0 bridgehead atoms. The fraction of sp³-hybridized carbons (Fsp3) is 0.933. The van der Waals surface area contributed by atoms with Crippen molar-refractivity contribution in [3.63, 3.8) is 0 Å². The number of carbonyl (C=O) groups is 1. The molecule has 5 unspecified atom stereocenters. The Morgan fingerprint density at radius 1 is 1.47 bits per heavy atom. The van der Waals surface area contributed by atoms with Crippen molar-refractivity contribution < 1.29 is 9.53 Å². The molecule has 5 atom stereocenters. The predicted octanol–water partition coefficient (Wildman–Crippen LogP) is 2.14. The molecule has 4 nitrogen and oxygen atoms in total. The molecule has 110 valence electrons. The van der Waals surface area contributed by atoms with Gasteiger partial charge in [0, 0.05) is 6.61 Å². The second-order valence-electron chi connectivity index (χ2n) is 6.01. The highest BCUT2D eigenvalue weighted by Crippen LogP contribution is 2.29. The molecule has 0 saturated carbocycles. The van der Waals surface area contributed by atoms with Gasteiger partial charge in [-0.05, 0) is 25.7 Å². The van der Waals surface area contributed by atoms with E-state index in [1.54, 1.807) is 0 Å². The van der Waals surface area contributed by atoms with Gasteiger partial charge >= 0.3 is 0 Å². The Balaban J connectivity index is 2.15. The van der Waals surface area contributed by atoms with Gasteiger partial charge in [-0.25, -0.2) is 0 Å². The zero-order chi connectivity index (χ0) is 14.0. The Bertz CT molecular complexity index is 321. The molecule has 0 aromatic carbocycles. The van der Waals surface area contributed by atoms with Crippen LogP contribution in [0.3, 0.4) is 0 Å². The molecule has 0 aromatic rings. The maximum absolute atomic E-state index is 12.7. The predicted molar refractivity (Wildman–Crippen MR) is 75.7 cm³/mol. The number of ether oxygens (including phenoxy) is 1. The van der Waals surface area contributed by atoms with E-state index in [4.69, 9.17) is 4.74 Å². The zero-order valence-corrected chi connectivity index (χ0v) is 12.7. The van der Waals surface area contributed by atoms with Crippen LogP contribution in [0.1, 0.15) is 53.4 Å². The van der Waals surface area contributed by atoms with Gasteiger partial charge in [-0.2, -0.15) is 0 Å². The van der Waals surface area contributed by atoms with Crippen molar-refractivity contribution in [3.05, 3.63) is 0 Å². The van der Waals surface area contributed by atoms with Crippen molar-refractivity contribution >= 4 is 5.91 Å². The molecule has 0 aromatic heterocycles. The van der Waals surface area contributed by atoms with E-state index in [0.717, 1.165) is 32.3 Å². The summed E-state index contributed by atoms with van der Waals surface area (Å²) in [5.41, 5.74) is 0. The van der Waals surface area contributed by atoms with Gasteiger partial charge in [0.1, 0.15) is 0 Å². The molecule has 1 amide bonds. The lowest BCUT2D eigenvalue weighted by molar-refractivity contribution is -0.134. The van der Waals surface area contributed by atoms with E-state index in [2.05, 4.69) is 37.9 Å². The number of nitrogens with one attached hydrogen (secondary N) is 1. The highest BCUT2D eigenvalue weighted by Gasteiger charge is 2.46. The van der Waals surface area contributed by atoms with E-state index in [9.17, 15) is 4.79 Å². The Morgan fingerprint density at radius 2 is 2.21 bits per heavy atom. The minimum Gasteiger partial charge on any atom is -0.376 e. The average molecular weight is 268 g/mol. The third kappa shape index (κ3) is 2.79. The molecule has 2 saturated heterocycles. The lowest BCUT2D eigenvalue weighted by Crippen LogP contribution is -2.47. The molecule has 0 spiro atoms. The summed E-state index contributed by atoms with van der Waals surface area (Å²) in [5.74, 6) is 0.685. The van der Waals surface area contributed by atoms with Gasteiger partial charge in [0.25, 0.3) is 0 Å². The zero-order valence-electron chi connectivity index (χ0n) is 12.7. The molecule has 2 rings (SSSR count). The summed E-state index contributed by atoms with van der Waals surface area (Å²) in [7, 11) is 0. The molecule has 19 heavy (non-hydrogen) atoms. The third-order valence-corrected chi connectivity index (χ3v) is 4.70. The normalized spacial score (nSPS) is 37.1. The first-order chi connectivity index (χ1) is 9.10. The van der Waals surface area contributed by atoms with Crippen LogP contribution in [0, 0.1) is 5.92 Å². The minimum absolute atomic E-state index is 0.00523. The van der Waals surface area contributed by atoms with Crippen LogP contribution >= 0.6 is 0 Å². The Kier molecular flexibility index (Phi) is 4.85. The van der Waals surface area contributed by atoms with Crippen molar-refractivity contribution in [2.24, 2.45) is 5.92 Å². The van der Waals surface area contributed by atoms with E-state index in [1.165, 1.54) is 0 Å². The van der Waals surface area contributed by atoms with Gasteiger partial charge in [0.15, 0.2) is 0 Å². The Morgan fingerprint density at radius 3 is 2.74 bits per heavy atom. The maximum Gasteiger partial charge on any atom is 0.241 e. The summed E-state index contributed by atoms with van der Waals surface area (Å²) in [6.45, 7) is 9.36. The van der Waals surface area contributed by atoms with Gasteiger partial charge in [0.05, 0.1) is 24.4 Å². The molecular weight excluding hydrogens is 240 g/mol. The summed E-state index contributed by atoms with van der Waals surface area (Å²) in [4.78, 5) is 14.8. The van der Waals surface area contributed by atoms with Gasteiger partial charge in [-0.15, -0.1) is 0 Å². The van der Waals surface area contributed by atoms with Gasteiger partial charge in [-0.3, -0.25) is 10.1 Å². The van der Waals surface area contributed by atoms with Crippen LogP contribution in [0.15, 0.2) is 0 Å². The number of hydrogen-bond acceptors (Lipinski definition) is 3. The van der Waals surface area contributed by atoms with Crippen LogP contribution < -0.4 is 5.32 Å². The SMILES string of the molecule is CCCC1NC(C(C)CC)C(=O)N1C1CCOC1C. The van der Waals surface area contributed by atoms with Crippen molar-refractivity contribution in [3.8, 4) is 0 Å². The van der Waals surface area contributed by atoms with Crippen molar-refractivity contribution in [2.75, 3.05) is 6.61 Å². The van der Waals surface area contributed by atoms with Gasteiger partial charge < -0.3 is 9.64 Å². The molecule has 0 aliphatic carbocycles. The Hall–Kier alpha value is -0.610. The summed E-state index contributed by atoms with van der Waals surface area (Å²) in [6, 6.07) is 0.250. The number of amides is 1. The fourth-order valence-corrected chi connectivity index (χ4v) is 3.29. The molecule has 0 radical (unpaired) electrons. The smallest absolute Gasteiger partial charge is 0.241 e. The summed E-state index contributed by atoms with van der Waals surface area (Å²) < 4.78 is 5.65. The number of hydrogen-bond donors (Lipinski definition) is 1. The van der Waals surface area contributed by atoms with E-state index in [1.807, 2.05) is 0 Å².